The Morgan fingerprint density at radius 3 is 2.67 bits per heavy atom. The Kier molecular flexibility index (Phi) is 4.89. The summed E-state index contributed by atoms with van der Waals surface area (Å²) in [6.07, 6.45) is 2.71. The van der Waals surface area contributed by atoms with E-state index in [0.717, 1.165) is 19.4 Å². The first-order valence-corrected chi connectivity index (χ1v) is 5.22. The molecule has 3 amide bonds. The van der Waals surface area contributed by atoms with Gasteiger partial charge in [0, 0.05) is 25.6 Å². The van der Waals surface area contributed by atoms with Crippen molar-refractivity contribution in [3.63, 3.8) is 0 Å². The Morgan fingerprint density at radius 2 is 2.07 bits per heavy atom. The van der Waals surface area contributed by atoms with E-state index >= 15 is 0 Å². The van der Waals surface area contributed by atoms with Crippen LogP contribution >= 0.6 is 0 Å². The summed E-state index contributed by atoms with van der Waals surface area (Å²) >= 11 is 0. The molecule has 0 radical (unpaired) electrons. The molecule has 1 atom stereocenters. The van der Waals surface area contributed by atoms with Gasteiger partial charge in [-0.25, -0.2) is 4.79 Å². The van der Waals surface area contributed by atoms with Crippen molar-refractivity contribution < 1.29 is 9.59 Å². The van der Waals surface area contributed by atoms with Crippen molar-refractivity contribution in [3.05, 3.63) is 0 Å². The van der Waals surface area contributed by atoms with Crippen LogP contribution in [-0.2, 0) is 4.79 Å². The van der Waals surface area contributed by atoms with Crippen LogP contribution < -0.4 is 21.7 Å². The number of hydrogen-bond donors (Lipinski definition) is 4. The predicted molar refractivity (Wildman–Crippen MR) is 56.2 cm³/mol. The van der Waals surface area contributed by atoms with Crippen LogP contribution in [-0.4, -0.2) is 37.6 Å². The maximum Gasteiger partial charge on any atom is 0.312 e. The highest BCUT2D eigenvalue weighted by Gasteiger charge is 2.16. The maximum atomic E-state index is 11.3. The van der Waals surface area contributed by atoms with Crippen LogP contribution in [0.4, 0.5) is 4.79 Å². The second-order valence-electron chi connectivity index (χ2n) is 3.64. The summed E-state index contributed by atoms with van der Waals surface area (Å²) in [7, 11) is 0. The maximum absolute atomic E-state index is 11.3. The van der Waals surface area contributed by atoms with E-state index in [1.165, 1.54) is 0 Å². The minimum absolute atomic E-state index is 0.0145. The molecule has 1 fully saturated rings. The zero-order chi connectivity index (χ0) is 11.1. The van der Waals surface area contributed by atoms with Gasteiger partial charge in [-0.2, -0.15) is 0 Å². The number of hydrogen-bond acceptors (Lipinski definition) is 3. The molecule has 1 unspecified atom stereocenters. The van der Waals surface area contributed by atoms with Gasteiger partial charge in [0.1, 0.15) is 0 Å². The standard InChI is InChI=1S/C9H18N4O2/c10-9(15)13-5-4-12-8(14)6-7-2-1-3-11-7/h7,11H,1-6H2,(H,12,14)(H3,10,13,15). The lowest BCUT2D eigenvalue weighted by molar-refractivity contribution is -0.121. The molecule has 0 bridgehead atoms. The van der Waals surface area contributed by atoms with E-state index in [2.05, 4.69) is 16.0 Å². The molecule has 0 aromatic carbocycles. The number of rotatable bonds is 5. The molecule has 5 N–H and O–H groups in total. The molecule has 0 saturated carbocycles. The van der Waals surface area contributed by atoms with Gasteiger partial charge in [0.2, 0.25) is 5.91 Å². The summed E-state index contributed by atoms with van der Waals surface area (Å²) in [6.45, 7) is 1.80. The van der Waals surface area contributed by atoms with Crippen LogP contribution in [0.25, 0.3) is 0 Å². The molecule has 1 aliphatic rings. The van der Waals surface area contributed by atoms with Crippen LogP contribution in [0.5, 0.6) is 0 Å². The zero-order valence-corrected chi connectivity index (χ0v) is 8.71. The van der Waals surface area contributed by atoms with Gasteiger partial charge in [0.15, 0.2) is 0 Å². The van der Waals surface area contributed by atoms with Crippen molar-refractivity contribution in [2.75, 3.05) is 19.6 Å². The van der Waals surface area contributed by atoms with Crippen LogP contribution in [0.2, 0.25) is 0 Å². The Bertz CT molecular complexity index is 226. The molecule has 1 aliphatic heterocycles. The lowest BCUT2D eigenvalue weighted by Crippen LogP contribution is -2.38. The quantitative estimate of drug-likeness (QED) is 0.438. The van der Waals surface area contributed by atoms with E-state index in [4.69, 9.17) is 5.73 Å². The zero-order valence-electron chi connectivity index (χ0n) is 8.71. The number of nitrogens with two attached hydrogens (primary N) is 1. The van der Waals surface area contributed by atoms with Gasteiger partial charge in [0.25, 0.3) is 0 Å². The molecular weight excluding hydrogens is 196 g/mol. The molecule has 0 aromatic rings. The Balaban J connectivity index is 2.00. The summed E-state index contributed by atoms with van der Waals surface area (Å²) in [5.74, 6) is 0.0145. The highest BCUT2D eigenvalue weighted by molar-refractivity contribution is 5.76. The van der Waals surface area contributed by atoms with E-state index in [9.17, 15) is 9.59 Å². The summed E-state index contributed by atoms with van der Waals surface area (Å²) in [4.78, 5) is 21.7. The van der Waals surface area contributed by atoms with Gasteiger partial charge in [-0.1, -0.05) is 0 Å². The molecule has 0 aromatic heterocycles. The fourth-order valence-electron chi connectivity index (χ4n) is 1.61. The first kappa shape index (κ1) is 11.8. The van der Waals surface area contributed by atoms with Gasteiger partial charge >= 0.3 is 6.03 Å². The molecule has 0 spiro atoms. The van der Waals surface area contributed by atoms with Gasteiger partial charge < -0.3 is 21.7 Å². The van der Waals surface area contributed by atoms with E-state index < -0.39 is 6.03 Å². The number of carbonyl (C=O) groups is 2. The average Bonchev–Trinajstić information content (AvgIpc) is 2.64. The summed E-state index contributed by atoms with van der Waals surface area (Å²) < 4.78 is 0. The molecular formula is C9H18N4O2. The van der Waals surface area contributed by atoms with Gasteiger partial charge in [-0.3, -0.25) is 4.79 Å². The second kappa shape index (κ2) is 6.23. The van der Waals surface area contributed by atoms with Crippen LogP contribution in [0, 0.1) is 0 Å². The van der Waals surface area contributed by atoms with Gasteiger partial charge in [0.05, 0.1) is 0 Å². The van der Waals surface area contributed by atoms with Gasteiger partial charge in [-0.15, -0.1) is 0 Å². The largest absolute Gasteiger partial charge is 0.354 e. The van der Waals surface area contributed by atoms with Crippen LogP contribution in [0.1, 0.15) is 19.3 Å². The predicted octanol–water partition coefficient (Wildman–Crippen LogP) is -1.09. The molecule has 6 nitrogen and oxygen atoms in total. The number of carbonyl (C=O) groups excluding carboxylic acids is 2. The number of primary amides is 1. The second-order valence-corrected chi connectivity index (χ2v) is 3.64. The fraction of sp³-hybridized carbons (Fsp3) is 0.778. The minimum Gasteiger partial charge on any atom is -0.354 e. The molecule has 86 valence electrons. The number of nitrogens with one attached hydrogen (secondary N) is 3. The number of amides is 3. The highest BCUT2D eigenvalue weighted by atomic mass is 16.2. The molecule has 1 saturated heterocycles. The van der Waals surface area contributed by atoms with Crippen molar-refractivity contribution in [3.8, 4) is 0 Å². The van der Waals surface area contributed by atoms with Crippen molar-refractivity contribution in [2.24, 2.45) is 5.73 Å². The first-order valence-electron chi connectivity index (χ1n) is 5.22. The average molecular weight is 214 g/mol. The van der Waals surface area contributed by atoms with Crippen molar-refractivity contribution in [2.45, 2.75) is 25.3 Å². The minimum atomic E-state index is -0.568. The normalized spacial score (nSPS) is 19.9. The molecule has 1 rings (SSSR count). The third kappa shape index (κ3) is 5.21. The Morgan fingerprint density at radius 1 is 1.33 bits per heavy atom. The van der Waals surface area contributed by atoms with E-state index in [1.54, 1.807) is 0 Å². The SMILES string of the molecule is NC(=O)NCCNC(=O)CC1CCCN1. The molecule has 6 heteroatoms. The molecule has 1 heterocycles. The van der Waals surface area contributed by atoms with Gasteiger partial charge in [-0.05, 0) is 19.4 Å². The fourth-order valence-corrected chi connectivity index (χ4v) is 1.61. The third-order valence-corrected chi connectivity index (χ3v) is 2.34. The monoisotopic (exact) mass is 214 g/mol. The van der Waals surface area contributed by atoms with E-state index in [1.807, 2.05) is 0 Å². The topological polar surface area (TPSA) is 96.2 Å². The molecule has 15 heavy (non-hydrogen) atoms. The van der Waals surface area contributed by atoms with Crippen molar-refractivity contribution in [1.82, 2.24) is 16.0 Å². The van der Waals surface area contributed by atoms with E-state index in [0.29, 0.717) is 25.6 Å². The summed E-state index contributed by atoms with van der Waals surface area (Å²) in [5, 5.41) is 8.36. The Labute approximate surface area is 89.0 Å². The van der Waals surface area contributed by atoms with Crippen LogP contribution in [0.15, 0.2) is 0 Å². The van der Waals surface area contributed by atoms with Crippen molar-refractivity contribution >= 4 is 11.9 Å². The van der Waals surface area contributed by atoms with Crippen LogP contribution in [0.3, 0.4) is 0 Å². The van der Waals surface area contributed by atoms with Crippen molar-refractivity contribution in [1.29, 1.82) is 0 Å². The summed E-state index contributed by atoms with van der Waals surface area (Å²) in [5.41, 5.74) is 4.87. The third-order valence-electron chi connectivity index (χ3n) is 2.34. The molecule has 0 aliphatic carbocycles. The lowest BCUT2D eigenvalue weighted by Gasteiger charge is -2.10. The smallest absolute Gasteiger partial charge is 0.312 e. The first-order chi connectivity index (χ1) is 7.18. The lowest BCUT2D eigenvalue weighted by atomic mass is 10.1. The number of urea groups is 1. The summed E-state index contributed by atoms with van der Waals surface area (Å²) in [6, 6.07) is -0.254. The Hall–Kier alpha value is -1.30. The highest BCUT2D eigenvalue weighted by Crippen LogP contribution is 2.07. The van der Waals surface area contributed by atoms with E-state index in [-0.39, 0.29) is 5.91 Å².